The molecule has 0 aromatic carbocycles. The molecule has 0 aliphatic heterocycles. The average Bonchev–Trinajstić information content (AvgIpc) is 1.36. The summed E-state index contributed by atoms with van der Waals surface area (Å²) in [6, 6.07) is 0. The van der Waals surface area contributed by atoms with Gasteiger partial charge in [0.05, 0.1) is 11.9 Å². The van der Waals surface area contributed by atoms with E-state index in [0.717, 1.165) is 0 Å². The summed E-state index contributed by atoms with van der Waals surface area (Å²) in [7, 11) is 0. The first-order valence-electron chi connectivity index (χ1n) is 1.07. The van der Waals surface area contributed by atoms with Gasteiger partial charge in [-0.3, -0.25) is 0 Å². The Labute approximate surface area is 71.3 Å². The van der Waals surface area contributed by atoms with Gasteiger partial charge in [0.2, 0.25) is 0 Å². The zero-order chi connectivity index (χ0) is 5.15. The van der Waals surface area contributed by atoms with E-state index in [1.807, 2.05) is 0 Å². The van der Waals surface area contributed by atoms with Crippen molar-refractivity contribution in [1.82, 2.24) is 0 Å². The summed E-state index contributed by atoms with van der Waals surface area (Å²) in [5, 5.41) is 17.9. The van der Waals surface area contributed by atoms with E-state index >= 15 is 0 Å². The van der Waals surface area contributed by atoms with Gasteiger partial charge in [0.15, 0.2) is 0 Å². The van der Waals surface area contributed by atoms with Crippen LogP contribution in [0.1, 0.15) is 0 Å². The molecule has 11 heavy (non-hydrogen) atoms. The zero-order valence-electron chi connectivity index (χ0n) is 4.97. The maximum atomic E-state index is 8.93. The van der Waals surface area contributed by atoms with Crippen LogP contribution in [0.15, 0.2) is 0 Å². The van der Waals surface area contributed by atoms with Gasteiger partial charge in [0.25, 0.3) is 0 Å². The largest absolute Gasteiger partial charge is 2.00 e. The number of aliphatic carboxylic acids is 2. The molecular formula is C2H8CoO8. The molecular weight excluding hydrogens is 211 g/mol. The molecule has 0 aromatic rings. The second-order valence-electron chi connectivity index (χ2n) is 0.575. The molecule has 0 bridgehead atoms. The molecule has 0 atom stereocenters. The van der Waals surface area contributed by atoms with Gasteiger partial charge < -0.3 is 41.7 Å². The molecule has 0 unspecified atom stereocenters. The van der Waals surface area contributed by atoms with E-state index in [2.05, 4.69) is 0 Å². The van der Waals surface area contributed by atoms with E-state index in [-0.39, 0.29) is 38.7 Å². The number of carbonyl (C=O) groups is 2. The quantitative estimate of drug-likeness (QED) is 0.363. The van der Waals surface area contributed by atoms with Crippen LogP contribution in [0.25, 0.3) is 0 Å². The van der Waals surface area contributed by atoms with Crippen molar-refractivity contribution in [3.8, 4) is 0 Å². The van der Waals surface area contributed by atoms with Crippen molar-refractivity contribution in [2.75, 3.05) is 0 Å². The fraction of sp³-hybridized carbons (Fsp3) is 0. The molecule has 73 valence electrons. The van der Waals surface area contributed by atoms with E-state index in [4.69, 9.17) is 19.8 Å². The van der Waals surface area contributed by atoms with Gasteiger partial charge >= 0.3 is 16.8 Å². The molecule has 8 nitrogen and oxygen atoms in total. The van der Waals surface area contributed by atoms with Crippen LogP contribution < -0.4 is 10.2 Å². The molecule has 0 saturated carbocycles. The van der Waals surface area contributed by atoms with E-state index in [9.17, 15) is 0 Å². The Morgan fingerprint density at radius 1 is 0.727 bits per heavy atom. The van der Waals surface area contributed by atoms with E-state index in [1.54, 1.807) is 0 Å². The molecule has 0 rings (SSSR count). The first-order chi connectivity index (χ1) is 2.64. The molecule has 0 aliphatic rings. The molecule has 1 radical (unpaired) electrons. The van der Waals surface area contributed by atoms with E-state index in [0.29, 0.717) is 0 Å². The maximum absolute atomic E-state index is 8.93. The molecule has 9 heteroatoms. The topological polar surface area (TPSA) is 206 Å². The first kappa shape index (κ1) is 48.3. The Morgan fingerprint density at radius 2 is 0.818 bits per heavy atom. The number of carboxylic acid groups (broad SMARTS) is 2. The van der Waals surface area contributed by atoms with Crippen molar-refractivity contribution in [2.45, 2.75) is 0 Å². The Hall–Kier alpha value is -0.714. The monoisotopic (exact) mass is 219 g/mol. The average molecular weight is 219 g/mol. The molecule has 0 aromatic heterocycles. The van der Waals surface area contributed by atoms with Gasteiger partial charge in [-0.1, -0.05) is 0 Å². The van der Waals surface area contributed by atoms with Crippen LogP contribution in [0, 0.1) is 0 Å². The number of carbonyl (C=O) groups excluding carboxylic acids is 2. The van der Waals surface area contributed by atoms with Crippen LogP contribution >= 0.6 is 0 Å². The summed E-state index contributed by atoms with van der Waals surface area (Å²) in [4.78, 5) is 17.9. The second-order valence-corrected chi connectivity index (χ2v) is 0.575. The van der Waals surface area contributed by atoms with Crippen molar-refractivity contribution in [3.05, 3.63) is 0 Å². The third-order valence-corrected chi connectivity index (χ3v) is 0.167. The van der Waals surface area contributed by atoms with E-state index < -0.39 is 11.9 Å². The van der Waals surface area contributed by atoms with Crippen LogP contribution in [0.4, 0.5) is 0 Å². The summed E-state index contributed by atoms with van der Waals surface area (Å²) in [5.41, 5.74) is 0. The van der Waals surface area contributed by atoms with Crippen molar-refractivity contribution >= 4 is 11.9 Å². The summed E-state index contributed by atoms with van der Waals surface area (Å²) in [6.07, 6.45) is 0. The summed E-state index contributed by atoms with van der Waals surface area (Å²) in [5.74, 6) is -4.37. The fourth-order valence-corrected chi connectivity index (χ4v) is 0. The second kappa shape index (κ2) is 22.8. The summed E-state index contributed by atoms with van der Waals surface area (Å²) >= 11 is 0. The number of carboxylic acids is 2. The smallest absolute Gasteiger partial charge is 0.543 e. The zero-order valence-corrected chi connectivity index (χ0v) is 6.01. The van der Waals surface area contributed by atoms with Crippen molar-refractivity contribution in [2.24, 2.45) is 0 Å². The number of hydrogen-bond donors (Lipinski definition) is 0. The molecule has 0 heterocycles. The third-order valence-electron chi connectivity index (χ3n) is 0.167. The maximum Gasteiger partial charge on any atom is 2.00 e. The molecule has 0 fully saturated rings. The van der Waals surface area contributed by atoms with Crippen molar-refractivity contribution < 1.29 is 58.5 Å². The Balaban J connectivity index is -0.0000000125. The Kier molecular flexibility index (Phi) is 100. The Morgan fingerprint density at radius 3 is 0.818 bits per heavy atom. The molecule has 0 amide bonds. The van der Waals surface area contributed by atoms with Crippen molar-refractivity contribution in [3.63, 3.8) is 0 Å². The van der Waals surface area contributed by atoms with Crippen molar-refractivity contribution in [1.29, 1.82) is 0 Å². The minimum atomic E-state index is -2.19. The van der Waals surface area contributed by atoms with Crippen LogP contribution in [0.3, 0.4) is 0 Å². The van der Waals surface area contributed by atoms with Gasteiger partial charge in [0, 0.05) is 0 Å². The summed E-state index contributed by atoms with van der Waals surface area (Å²) < 4.78 is 0. The van der Waals surface area contributed by atoms with Crippen LogP contribution in [-0.4, -0.2) is 33.8 Å². The minimum absolute atomic E-state index is 0. The molecule has 0 aliphatic carbocycles. The fourth-order valence-electron chi connectivity index (χ4n) is 0. The minimum Gasteiger partial charge on any atom is -0.543 e. The summed E-state index contributed by atoms with van der Waals surface area (Å²) in [6.45, 7) is 0. The van der Waals surface area contributed by atoms with Crippen LogP contribution in [0.2, 0.25) is 0 Å². The SMILES string of the molecule is O.O.O.O.O=C([O-])C(=O)[O-].[Co+2]. The third kappa shape index (κ3) is 45.6. The first-order valence-corrected chi connectivity index (χ1v) is 1.07. The van der Waals surface area contributed by atoms with Crippen LogP contribution in [0.5, 0.6) is 0 Å². The normalized spacial score (nSPS) is 4.00. The molecule has 0 saturated heterocycles. The van der Waals surface area contributed by atoms with Gasteiger partial charge in [-0.15, -0.1) is 0 Å². The molecule has 8 N–H and O–H groups in total. The number of rotatable bonds is 0. The van der Waals surface area contributed by atoms with Gasteiger partial charge in [-0.2, -0.15) is 0 Å². The van der Waals surface area contributed by atoms with E-state index in [1.165, 1.54) is 0 Å². The van der Waals surface area contributed by atoms with Crippen LogP contribution in [-0.2, 0) is 26.4 Å². The molecule has 0 spiro atoms. The van der Waals surface area contributed by atoms with Gasteiger partial charge in [-0.25, -0.2) is 0 Å². The Bertz CT molecular complexity index is 78.1. The predicted octanol–water partition coefficient (Wildman–Crippen LogP) is -6.82. The predicted molar refractivity (Wildman–Crippen MR) is 24.5 cm³/mol. The standard InChI is InChI=1S/C2H2O4.Co.4H2O/c3-1(4)2(5)6;;;;;/h(H,3,4)(H,5,6);;4*1H2/q;+2;;;;/p-2. The van der Waals surface area contributed by atoms with Gasteiger partial charge in [-0.05, 0) is 0 Å². The number of hydrogen-bond acceptors (Lipinski definition) is 4. The van der Waals surface area contributed by atoms with Gasteiger partial charge in [0.1, 0.15) is 0 Å².